The number of imidazole rings is 1. The number of para-hydroxylation sites is 2. The van der Waals surface area contributed by atoms with Gasteiger partial charge in [-0.15, -0.1) is 0 Å². The standard InChI is InChI=1S/C26H22N4O4/c27-26(32)23-16-30(21-5-1-2-6-22(21)34-23)25(31)13-10-18-8-11-20(12-9-18)33-17-19-15-29-14-4-3-7-24(29)28-19/h1-15,23H,16-17H2,(H2,27,32)/b13-10+. The minimum atomic E-state index is -0.892. The predicted molar refractivity (Wildman–Crippen MR) is 127 cm³/mol. The summed E-state index contributed by atoms with van der Waals surface area (Å²) in [4.78, 5) is 30.6. The summed E-state index contributed by atoms with van der Waals surface area (Å²) in [5, 5.41) is 0. The highest BCUT2D eigenvalue weighted by Gasteiger charge is 2.31. The molecule has 2 amide bonds. The molecule has 0 saturated heterocycles. The summed E-state index contributed by atoms with van der Waals surface area (Å²) in [5.74, 6) is 0.267. The first-order chi connectivity index (χ1) is 16.6. The number of primary amides is 1. The maximum atomic E-state index is 12.9. The summed E-state index contributed by atoms with van der Waals surface area (Å²) in [6.45, 7) is 0.415. The average molecular weight is 454 g/mol. The maximum absolute atomic E-state index is 12.9. The lowest BCUT2D eigenvalue weighted by molar-refractivity contribution is -0.125. The Balaban J connectivity index is 1.23. The fraction of sp³-hybridized carbons (Fsp3) is 0.115. The molecule has 2 aromatic heterocycles. The van der Waals surface area contributed by atoms with E-state index >= 15 is 0 Å². The van der Waals surface area contributed by atoms with Gasteiger partial charge in [-0.25, -0.2) is 4.98 Å². The van der Waals surface area contributed by atoms with Crippen LogP contribution in [0.3, 0.4) is 0 Å². The minimum Gasteiger partial charge on any atom is -0.487 e. The zero-order valence-electron chi connectivity index (χ0n) is 18.2. The van der Waals surface area contributed by atoms with Crippen LogP contribution in [0.5, 0.6) is 11.5 Å². The van der Waals surface area contributed by atoms with E-state index < -0.39 is 12.0 Å². The molecule has 34 heavy (non-hydrogen) atoms. The highest BCUT2D eigenvalue weighted by Crippen LogP contribution is 2.33. The van der Waals surface area contributed by atoms with Gasteiger partial charge in [0.15, 0.2) is 6.10 Å². The molecule has 0 bridgehead atoms. The Morgan fingerprint density at radius 2 is 1.88 bits per heavy atom. The van der Waals surface area contributed by atoms with Crippen LogP contribution in [-0.4, -0.2) is 33.8 Å². The van der Waals surface area contributed by atoms with Crippen molar-refractivity contribution in [3.8, 4) is 11.5 Å². The molecule has 0 radical (unpaired) electrons. The molecule has 0 spiro atoms. The normalized spacial score (nSPS) is 15.2. The van der Waals surface area contributed by atoms with E-state index in [1.807, 2.05) is 65.3 Å². The second kappa shape index (κ2) is 9.11. The van der Waals surface area contributed by atoms with E-state index in [1.54, 1.807) is 24.3 Å². The molecule has 0 fully saturated rings. The Labute approximate surface area is 195 Å². The Hall–Kier alpha value is -4.59. The number of anilines is 1. The van der Waals surface area contributed by atoms with Crippen LogP contribution in [0.1, 0.15) is 11.3 Å². The predicted octanol–water partition coefficient (Wildman–Crippen LogP) is 3.21. The molecule has 8 heteroatoms. The molecule has 1 aliphatic rings. The highest BCUT2D eigenvalue weighted by molar-refractivity contribution is 6.05. The highest BCUT2D eigenvalue weighted by atomic mass is 16.5. The quantitative estimate of drug-likeness (QED) is 0.451. The third-order valence-corrected chi connectivity index (χ3v) is 5.46. The third-order valence-electron chi connectivity index (χ3n) is 5.46. The van der Waals surface area contributed by atoms with E-state index in [1.165, 1.54) is 11.0 Å². The van der Waals surface area contributed by atoms with Crippen LogP contribution in [0, 0.1) is 0 Å². The number of pyridine rings is 1. The number of carbonyl (C=O) groups is 2. The number of hydrogen-bond acceptors (Lipinski definition) is 5. The van der Waals surface area contributed by atoms with Crippen LogP contribution in [0.4, 0.5) is 5.69 Å². The van der Waals surface area contributed by atoms with E-state index in [9.17, 15) is 9.59 Å². The van der Waals surface area contributed by atoms with Gasteiger partial charge in [0.25, 0.3) is 11.8 Å². The number of rotatable bonds is 6. The number of ether oxygens (including phenoxy) is 2. The van der Waals surface area contributed by atoms with E-state index in [0.717, 1.165) is 16.9 Å². The molecule has 0 aliphatic carbocycles. The minimum absolute atomic E-state index is 0.0609. The number of carbonyl (C=O) groups excluding carboxylic acids is 2. The average Bonchev–Trinajstić information content (AvgIpc) is 3.29. The van der Waals surface area contributed by atoms with Crippen molar-refractivity contribution in [2.75, 3.05) is 11.4 Å². The summed E-state index contributed by atoms with van der Waals surface area (Å²) in [6.07, 6.45) is 6.16. The Kier molecular flexibility index (Phi) is 5.70. The van der Waals surface area contributed by atoms with Crippen molar-refractivity contribution in [1.82, 2.24) is 9.38 Å². The molecule has 3 heterocycles. The number of aromatic nitrogens is 2. The van der Waals surface area contributed by atoms with E-state index in [4.69, 9.17) is 15.2 Å². The zero-order chi connectivity index (χ0) is 23.5. The molecule has 8 nitrogen and oxygen atoms in total. The van der Waals surface area contributed by atoms with Crippen LogP contribution in [-0.2, 0) is 16.2 Å². The lowest BCUT2D eigenvalue weighted by Crippen LogP contribution is -2.49. The van der Waals surface area contributed by atoms with Crippen molar-refractivity contribution in [3.05, 3.63) is 96.5 Å². The van der Waals surface area contributed by atoms with Crippen molar-refractivity contribution in [2.24, 2.45) is 5.73 Å². The fourth-order valence-electron chi connectivity index (χ4n) is 3.74. The molecular weight excluding hydrogens is 432 g/mol. The van der Waals surface area contributed by atoms with Crippen molar-refractivity contribution >= 4 is 29.2 Å². The Morgan fingerprint density at radius 3 is 2.68 bits per heavy atom. The van der Waals surface area contributed by atoms with Crippen LogP contribution < -0.4 is 20.1 Å². The number of hydrogen-bond donors (Lipinski definition) is 1. The Morgan fingerprint density at radius 1 is 1.09 bits per heavy atom. The van der Waals surface area contributed by atoms with Crippen molar-refractivity contribution in [3.63, 3.8) is 0 Å². The SMILES string of the molecule is NC(=O)C1CN(C(=O)/C=C/c2ccc(OCc3cn4ccccc4n3)cc2)c2ccccc2O1. The summed E-state index contributed by atoms with van der Waals surface area (Å²) < 4.78 is 13.4. The van der Waals surface area contributed by atoms with Crippen LogP contribution in [0.15, 0.2) is 85.2 Å². The second-order valence-corrected chi connectivity index (χ2v) is 7.81. The molecule has 4 aromatic rings. The van der Waals surface area contributed by atoms with Gasteiger partial charge < -0.3 is 24.5 Å². The van der Waals surface area contributed by atoms with Gasteiger partial charge >= 0.3 is 0 Å². The molecule has 0 saturated carbocycles. The number of benzene rings is 2. The van der Waals surface area contributed by atoms with Gasteiger partial charge in [-0.1, -0.05) is 30.3 Å². The molecule has 2 aromatic carbocycles. The summed E-state index contributed by atoms with van der Waals surface area (Å²) in [7, 11) is 0. The monoisotopic (exact) mass is 454 g/mol. The molecule has 2 N–H and O–H groups in total. The molecule has 1 aliphatic heterocycles. The second-order valence-electron chi connectivity index (χ2n) is 7.81. The van der Waals surface area contributed by atoms with Gasteiger partial charge in [0.05, 0.1) is 17.9 Å². The number of nitrogens with zero attached hydrogens (tertiary/aromatic N) is 3. The summed E-state index contributed by atoms with van der Waals surface area (Å²) in [6, 6.07) is 20.3. The molecule has 170 valence electrons. The largest absolute Gasteiger partial charge is 0.487 e. The van der Waals surface area contributed by atoms with Gasteiger partial charge in [0.2, 0.25) is 0 Å². The van der Waals surface area contributed by atoms with Crippen LogP contribution in [0.25, 0.3) is 11.7 Å². The lowest BCUT2D eigenvalue weighted by Gasteiger charge is -2.32. The van der Waals surface area contributed by atoms with Gasteiger partial charge in [-0.05, 0) is 48.0 Å². The van der Waals surface area contributed by atoms with Crippen molar-refractivity contribution < 1.29 is 19.1 Å². The molecular formula is C26H22N4O4. The summed E-state index contributed by atoms with van der Waals surface area (Å²) in [5.41, 5.74) is 8.55. The molecule has 1 atom stereocenters. The van der Waals surface area contributed by atoms with Gasteiger partial charge in [0, 0.05) is 18.5 Å². The first-order valence-electron chi connectivity index (χ1n) is 10.8. The van der Waals surface area contributed by atoms with E-state index in [2.05, 4.69) is 4.98 Å². The lowest BCUT2D eigenvalue weighted by atomic mass is 10.1. The third kappa shape index (κ3) is 4.47. The Bertz CT molecular complexity index is 1340. The van der Waals surface area contributed by atoms with E-state index in [-0.39, 0.29) is 12.5 Å². The molecule has 5 rings (SSSR count). The number of nitrogens with two attached hydrogens (primary N) is 1. The topological polar surface area (TPSA) is 99.2 Å². The fourth-order valence-corrected chi connectivity index (χ4v) is 3.74. The van der Waals surface area contributed by atoms with E-state index in [0.29, 0.717) is 23.8 Å². The van der Waals surface area contributed by atoms with Gasteiger partial charge in [-0.3, -0.25) is 9.59 Å². The van der Waals surface area contributed by atoms with Gasteiger partial charge in [-0.2, -0.15) is 0 Å². The first-order valence-corrected chi connectivity index (χ1v) is 10.8. The first kappa shape index (κ1) is 21.3. The number of amides is 2. The molecule has 1 unspecified atom stereocenters. The van der Waals surface area contributed by atoms with Crippen LogP contribution in [0.2, 0.25) is 0 Å². The number of fused-ring (bicyclic) bond motifs is 2. The van der Waals surface area contributed by atoms with Crippen LogP contribution >= 0.6 is 0 Å². The zero-order valence-corrected chi connectivity index (χ0v) is 18.2. The van der Waals surface area contributed by atoms with Gasteiger partial charge in [0.1, 0.15) is 23.8 Å². The summed E-state index contributed by atoms with van der Waals surface area (Å²) >= 11 is 0. The smallest absolute Gasteiger partial charge is 0.260 e. The van der Waals surface area contributed by atoms with Crippen molar-refractivity contribution in [1.29, 1.82) is 0 Å². The van der Waals surface area contributed by atoms with Crippen molar-refractivity contribution in [2.45, 2.75) is 12.7 Å². The maximum Gasteiger partial charge on any atom is 0.260 e.